The Labute approximate surface area is 168 Å². The molecule has 0 aromatic heterocycles. The van der Waals surface area contributed by atoms with Gasteiger partial charge in [-0.3, -0.25) is 10.2 Å². The minimum absolute atomic E-state index is 0.438. The fourth-order valence-corrected chi connectivity index (χ4v) is 4.02. The number of hydrogen-bond donors (Lipinski definition) is 2. The number of hydrogen-bond acceptors (Lipinski definition) is 5. The van der Waals surface area contributed by atoms with E-state index >= 15 is 0 Å². The van der Waals surface area contributed by atoms with Gasteiger partial charge in [-0.05, 0) is 50.6 Å². The van der Waals surface area contributed by atoms with E-state index in [0.29, 0.717) is 5.04 Å². The van der Waals surface area contributed by atoms with Crippen molar-refractivity contribution < 1.29 is 14.6 Å². The maximum absolute atomic E-state index is 11.3. The Balaban J connectivity index is 2.09. The van der Waals surface area contributed by atoms with E-state index in [0.717, 1.165) is 26.7 Å². The van der Waals surface area contributed by atoms with Crippen LogP contribution in [0.5, 0.6) is 5.75 Å². The van der Waals surface area contributed by atoms with Gasteiger partial charge in [0.2, 0.25) is 0 Å². The number of aliphatic carboxylic acids is 1. The molecule has 142 valence electrons. The number of carboxylic acid groups (broad SMARTS) is 1. The molecule has 0 spiro atoms. The van der Waals surface area contributed by atoms with Gasteiger partial charge in [-0.2, -0.15) is 0 Å². The molecular formula is C21H23NO3S2. The molecule has 0 fully saturated rings. The van der Waals surface area contributed by atoms with Crippen molar-refractivity contribution in [1.29, 1.82) is 5.41 Å². The molecule has 0 aliphatic rings. The Morgan fingerprint density at radius 2 is 1.63 bits per heavy atom. The van der Waals surface area contributed by atoms with Crippen molar-refractivity contribution in [2.24, 2.45) is 0 Å². The summed E-state index contributed by atoms with van der Waals surface area (Å²) in [4.78, 5) is 13.1. The molecule has 4 nitrogen and oxygen atoms in total. The van der Waals surface area contributed by atoms with Gasteiger partial charge in [0.05, 0.1) is 12.2 Å². The molecular weight excluding hydrogens is 378 g/mol. The van der Waals surface area contributed by atoms with Gasteiger partial charge in [-0.1, -0.05) is 42.1 Å². The van der Waals surface area contributed by atoms with E-state index < -0.39 is 10.7 Å². The summed E-state index contributed by atoms with van der Waals surface area (Å²) < 4.78 is 4.29. The molecule has 27 heavy (non-hydrogen) atoms. The first-order valence-corrected chi connectivity index (χ1v) is 10.00. The van der Waals surface area contributed by atoms with E-state index in [1.165, 1.54) is 23.5 Å². The Morgan fingerprint density at radius 1 is 1.07 bits per heavy atom. The third-order valence-corrected chi connectivity index (χ3v) is 6.18. The highest BCUT2D eigenvalue weighted by molar-refractivity contribution is 8.22. The monoisotopic (exact) mass is 401 g/mol. The SMILES string of the molecule is C/C=C(/SC(=N)c1ccc(SC(C)(C)C(=O)O)cc1)c1ccc(OC)cc1. The first-order chi connectivity index (χ1) is 12.8. The van der Waals surface area contributed by atoms with Gasteiger partial charge in [0, 0.05) is 15.4 Å². The van der Waals surface area contributed by atoms with Crippen LogP contribution in [0.2, 0.25) is 0 Å². The summed E-state index contributed by atoms with van der Waals surface area (Å²) in [6.45, 7) is 5.31. The summed E-state index contributed by atoms with van der Waals surface area (Å²) in [6, 6.07) is 15.2. The maximum atomic E-state index is 11.3. The summed E-state index contributed by atoms with van der Waals surface area (Å²) in [5.74, 6) is -0.0521. The second kappa shape index (κ2) is 9.15. The maximum Gasteiger partial charge on any atom is 0.319 e. The zero-order chi connectivity index (χ0) is 20.0. The van der Waals surface area contributed by atoms with Crippen LogP contribution in [0.1, 0.15) is 31.9 Å². The summed E-state index contributed by atoms with van der Waals surface area (Å²) in [7, 11) is 1.63. The van der Waals surface area contributed by atoms with Gasteiger partial charge >= 0.3 is 5.97 Å². The number of allylic oxidation sites excluding steroid dienone is 1. The van der Waals surface area contributed by atoms with Crippen molar-refractivity contribution in [1.82, 2.24) is 0 Å². The highest BCUT2D eigenvalue weighted by Gasteiger charge is 2.28. The first kappa shape index (κ1) is 21.1. The molecule has 0 atom stereocenters. The number of benzene rings is 2. The number of nitrogens with one attached hydrogen (secondary N) is 1. The van der Waals surface area contributed by atoms with Gasteiger partial charge < -0.3 is 9.84 Å². The number of methoxy groups -OCH3 is 1. The van der Waals surface area contributed by atoms with Crippen LogP contribution in [-0.4, -0.2) is 28.0 Å². The van der Waals surface area contributed by atoms with Crippen LogP contribution in [0.4, 0.5) is 0 Å². The summed E-state index contributed by atoms with van der Waals surface area (Å²) in [6.07, 6.45) is 1.99. The van der Waals surface area contributed by atoms with Crippen LogP contribution < -0.4 is 4.74 Å². The molecule has 0 heterocycles. The number of carbonyl (C=O) groups is 1. The predicted octanol–water partition coefficient (Wildman–Crippen LogP) is 5.77. The second-order valence-corrected chi connectivity index (χ2v) is 9.00. The van der Waals surface area contributed by atoms with Gasteiger partial charge in [0.15, 0.2) is 0 Å². The van der Waals surface area contributed by atoms with E-state index in [9.17, 15) is 9.90 Å². The van der Waals surface area contributed by atoms with Crippen molar-refractivity contribution in [3.8, 4) is 5.75 Å². The molecule has 0 unspecified atom stereocenters. The topological polar surface area (TPSA) is 70.4 Å². The van der Waals surface area contributed by atoms with Crippen LogP contribution in [0.15, 0.2) is 59.5 Å². The van der Waals surface area contributed by atoms with Crippen molar-refractivity contribution in [3.05, 3.63) is 65.7 Å². The molecule has 0 saturated heterocycles. The average Bonchev–Trinajstić information content (AvgIpc) is 2.66. The van der Waals surface area contributed by atoms with Gasteiger partial charge in [-0.25, -0.2) is 0 Å². The number of carboxylic acids is 1. The highest BCUT2D eigenvalue weighted by atomic mass is 32.2. The lowest BCUT2D eigenvalue weighted by atomic mass is 10.2. The van der Waals surface area contributed by atoms with Crippen LogP contribution in [-0.2, 0) is 4.79 Å². The molecule has 2 aromatic rings. The van der Waals surface area contributed by atoms with Crippen molar-refractivity contribution in [2.75, 3.05) is 7.11 Å². The highest BCUT2D eigenvalue weighted by Crippen LogP contribution is 2.34. The quantitative estimate of drug-likeness (QED) is 0.350. The normalized spacial score (nSPS) is 11.9. The fourth-order valence-electron chi connectivity index (χ4n) is 2.22. The Kier molecular flexibility index (Phi) is 7.16. The molecule has 6 heteroatoms. The summed E-state index contributed by atoms with van der Waals surface area (Å²) >= 11 is 2.68. The standard InChI is InChI=1S/C21H23NO3S2/c1-5-18(14-6-10-16(25-4)11-7-14)26-19(22)15-8-12-17(13-9-15)27-21(2,3)20(23)24/h5-13,22H,1-4H3,(H,23,24)/b18-5+,22-19?. The van der Waals surface area contributed by atoms with Gasteiger partial charge in [-0.15, -0.1) is 11.8 Å². The lowest BCUT2D eigenvalue weighted by molar-refractivity contribution is -0.138. The summed E-state index contributed by atoms with van der Waals surface area (Å²) in [5, 5.41) is 18.1. The van der Waals surface area contributed by atoms with E-state index in [1.54, 1.807) is 21.0 Å². The predicted molar refractivity (Wildman–Crippen MR) is 115 cm³/mol. The van der Waals surface area contributed by atoms with E-state index in [4.69, 9.17) is 10.1 Å². The minimum Gasteiger partial charge on any atom is -0.497 e. The number of rotatable bonds is 7. The zero-order valence-corrected chi connectivity index (χ0v) is 17.4. The Bertz CT molecular complexity index is 841. The number of ether oxygens (including phenoxy) is 1. The molecule has 2 rings (SSSR count). The van der Waals surface area contributed by atoms with Crippen molar-refractivity contribution in [2.45, 2.75) is 30.4 Å². The molecule has 0 aliphatic carbocycles. The molecule has 0 aliphatic heterocycles. The summed E-state index contributed by atoms with van der Waals surface area (Å²) in [5.41, 5.74) is 1.83. The van der Waals surface area contributed by atoms with Crippen LogP contribution in [0, 0.1) is 5.41 Å². The van der Waals surface area contributed by atoms with Crippen LogP contribution in [0.3, 0.4) is 0 Å². The lowest BCUT2D eigenvalue weighted by Crippen LogP contribution is -2.26. The van der Waals surface area contributed by atoms with E-state index in [1.807, 2.05) is 61.5 Å². The van der Waals surface area contributed by atoms with Gasteiger partial charge in [0.1, 0.15) is 10.5 Å². The first-order valence-electron chi connectivity index (χ1n) is 8.37. The van der Waals surface area contributed by atoms with Crippen molar-refractivity contribution in [3.63, 3.8) is 0 Å². The number of thioether (sulfide) groups is 2. The van der Waals surface area contributed by atoms with Gasteiger partial charge in [0.25, 0.3) is 0 Å². The Hall–Kier alpha value is -2.18. The van der Waals surface area contributed by atoms with Crippen molar-refractivity contribution >= 4 is 39.4 Å². The van der Waals surface area contributed by atoms with Crippen LogP contribution in [0.25, 0.3) is 4.91 Å². The third-order valence-electron chi connectivity index (χ3n) is 3.85. The zero-order valence-electron chi connectivity index (χ0n) is 15.8. The molecule has 0 bridgehead atoms. The molecule has 2 aromatic carbocycles. The molecule has 0 amide bonds. The lowest BCUT2D eigenvalue weighted by Gasteiger charge is -2.18. The second-order valence-electron chi connectivity index (χ2n) is 6.25. The minimum atomic E-state index is -0.893. The molecule has 2 N–H and O–H groups in total. The molecule has 0 radical (unpaired) electrons. The Morgan fingerprint density at radius 3 is 2.11 bits per heavy atom. The van der Waals surface area contributed by atoms with E-state index in [2.05, 4.69) is 0 Å². The van der Waals surface area contributed by atoms with E-state index in [-0.39, 0.29) is 0 Å². The average molecular weight is 402 g/mol. The third kappa shape index (κ3) is 5.65. The fraction of sp³-hybridized carbons (Fsp3) is 0.238. The van der Waals surface area contributed by atoms with Crippen LogP contribution >= 0.6 is 23.5 Å². The largest absolute Gasteiger partial charge is 0.497 e. The molecule has 0 saturated carbocycles. The smallest absolute Gasteiger partial charge is 0.319 e.